The Morgan fingerprint density at radius 2 is 1.97 bits per heavy atom. The van der Waals surface area contributed by atoms with Gasteiger partial charge in [0.05, 0.1) is 5.56 Å². The Morgan fingerprint density at radius 1 is 1.19 bits per heavy atom. The number of carbonyl (C=O) groups excluding carboxylic acids is 1. The van der Waals surface area contributed by atoms with Gasteiger partial charge in [-0.3, -0.25) is 14.2 Å². The second kappa shape index (κ2) is 8.09. The van der Waals surface area contributed by atoms with Crippen molar-refractivity contribution < 1.29 is 4.79 Å². The highest BCUT2D eigenvalue weighted by Crippen LogP contribution is 2.32. The monoisotopic (exact) mass is 432 g/mol. The molecule has 0 unspecified atom stereocenters. The van der Waals surface area contributed by atoms with Gasteiger partial charge in [-0.25, -0.2) is 9.97 Å². The van der Waals surface area contributed by atoms with Crippen molar-refractivity contribution in [2.45, 2.75) is 58.5 Å². The third kappa shape index (κ3) is 3.58. The number of ketones is 1. The summed E-state index contributed by atoms with van der Waals surface area (Å²) < 4.78 is 1.73. The number of rotatable bonds is 4. The van der Waals surface area contributed by atoms with Crippen molar-refractivity contribution >= 4 is 28.6 Å². The molecule has 8 heteroatoms. The van der Waals surface area contributed by atoms with E-state index in [-0.39, 0.29) is 22.9 Å². The molecule has 166 valence electrons. The van der Waals surface area contributed by atoms with Crippen molar-refractivity contribution in [2.24, 2.45) is 0 Å². The number of pyridine rings is 2. The number of aryl methyl sites for hydroxylation is 1. The van der Waals surface area contributed by atoms with E-state index in [1.165, 1.54) is 12.5 Å². The number of hydrogen-bond donors (Lipinski definition) is 1. The first-order chi connectivity index (χ1) is 15.4. The molecule has 5 rings (SSSR count). The molecule has 0 aromatic carbocycles. The number of Topliss-reactive ketones (excluding diaryl/α,β-unsaturated/α-hetero) is 1. The minimum absolute atomic E-state index is 0.0605. The molecule has 0 atom stereocenters. The summed E-state index contributed by atoms with van der Waals surface area (Å²) in [6.07, 6.45) is 6.61. The van der Waals surface area contributed by atoms with Crippen LogP contribution < -0.4 is 10.9 Å². The second-order valence-electron chi connectivity index (χ2n) is 9.02. The molecular formula is C24H28N6O2. The maximum absolute atomic E-state index is 13.3. The first kappa shape index (κ1) is 20.8. The summed E-state index contributed by atoms with van der Waals surface area (Å²) in [6, 6.07) is 4.10. The van der Waals surface area contributed by atoms with Crippen LogP contribution in [-0.4, -0.2) is 43.8 Å². The van der Waals surface area contributed by atoms with Crippen molar-refractivity contribution in [3.05, 3.63) is 51.1 Å². The second-order valence-corrected chi connectivity index (χ2v) is 9.02. The molecule has 1 aliphatic heterocycles. The molecule has 1 saturated carbocycles. The SMILES string of the molecule is CC(=O)c1c(C)c2cnc(Nc3ccc4c(n3)CCN(C)C4)nc2n(C2CCCC2)c1=O. The van der Waals surface area contributed by atoms with Crippen LogP contribution in [0.4, 0.5) is 11.8 Å². The van der Waals surface area contributed by atoms with E-state index in [1.54, 1.807) is 17.7 Å². The molecule has 0 saturated heterocycles. The lowest BCUT2D eigenvalue weighted by Gasteiger charge is -2.24. The molecule has 0 amide bonds. The molecule has 3 aromatic rings. The number of carbonyl (C=O) groups is 1. The summed E-state index contributed by atoms with van der Waals surface area (Å²) in [5, 5.41) is 3.97. The molecule has 8 nitrogen and oxygen atoms in total. The number of fused-ring (bicyclic) bond motifs is 2. The third-order valence-corrected chi connectivity index (χ3v) is 6.73. The number of likely N-dealkylation sites (N-methyl/N-ethyl adjacent to an activating group) is 1. The van der Waals surface area contributed by atoms with Gasteiger partial charge in [0.15, 0.2) is 5.78 Å². The van der Waals surface area contributed by atoms with Crippen LogP contribution in [-0.2, 0) is 13.0 Å². The van der Waals surface area contributed by atoms with E-state index in [0.29, 0.717) is 23.0 Å². The van der Waals surface area contributed by atoms with E-state index >= 15 is 0 Å². The topological polar surface area (TPSA) is 93.0 Å². The molecule has 1 aliphatic carbocycles. The maximum atomic E-state index is 13.3. The fourth-order valence-electron chi connectivity index (χ4n) is 5.05. The molecule has 0 bridgehead atoms. The van der Waals surface area contributed by atoms with Gasteiger partial charge in [-0.2, -0.15) is 4.98 Å². The number of nitrogens with one attached hydrogen (secondary N) is 1. The Balaban J connectivity index is 1.59. The summed E-state index contributed by atoms with van der Waals surface area (Å²) in [4.78, 5) is 41.9. The summed E-state index contributed by atoms with van der Waals surface area (Å²) in [5.41, 5.74) is 3.57. The van der Waals surface area contributed by atoms with Crippen LogP contribution in [0.15, 0.2) is 23.1 Å². The molecule has 0 radical (unpaired) electrons. The van der Waals surface area contributed by atoms with Crippen molar-refractivity contribution in [1.82, 2.24) is 24.4 Å². The van der Waals surface area contributed by atoms with E-state index in [4.69, 9.17) is 9.97 Å². The van der Waals surface area contributed by atoms with Gasteiger partial charge in [-0.05, 0) is 50.9 Å². The Morgan fingerprint density at radius 3 is 2.72 bits per heavy atom. The minimum Gasteiger partial charge on any atom is -0.309 e. The van der Waals surface area contributed by atoms with Crippen molar-refractivity contribution in [3.8, 4) is 0 Å². The highest BCUT2D eigenvalue weighted by molar-refractivity contribution is 5.99. The van der Waals surface area contributed by atoms with E-state index in [9.17, 15) is 9.59 Å². The zero-order chi connectivity index (χ0) is 22.4. The molecule has 3 aromatic heterocycles. The number of hydrogen-bond acceptors (Lipinski definition) is 7. The summed E-state index contributed by atoms with van der Waals surface area (Å²) in [5.74, 6) is 0.880. The van der Waals surface area contributed by atoms with Gasteiger partial charge >= 0.3 is 0 Å². The smallest absolute Gasteiger partial charge is 0.263 e. The molecule has 32 heavy (non-hydrogen) atoms. The maximum Gasteiger partial charge on any atom is 0.263 e. The summed E-state index contributed by atoms with van der Waals surface area (Å²) >= 11 is 0. The third-order valence-electron chi connectivity index (χ3n) is 6.73. The van der Waals surface area contributed by atoms with Gasteiger partial charge in [0, 0.05) is 42.8 Å². The molecule has 0 spiro atoms. The molecular weight excluding hydrogens is 404 g/mol. The Bertz CT molecular complexity index is 1280. The minimum atomic E-state index is -0.241. The van der Waals surface area contributed by atoms with Gasteiger partial charge < -0.3 is 10.2 Å². The highest BCUT2D eigenvalue weighted by Gasteiger charge is 2.26. The van der Waals surface area contributed by atoms with Gasteiger partial charge in [0.2, 0.25) is 5.95 Å². The van der Waals surface area contributed by atoms with Crippen molar-refractivity contribution in [3.63, 3.8) is 0 Å². The van der Waals surface area contributed by atoms with Crippen LogP contribution in [0.1, 0.15) is 65.8 Å². The predicted molar refractivity (Wildman–Crippen MR) is 124 cm³/mol. The summed E-state index contributed by atoms with van der Waals surface area (Å²) in [6.45, 7) is 5.14. The van der Waals surface area contributed by atoms with Crippen LogP contribution in [0.3, 0.4) is 0 Å². The van der Waals surface area contributed by atoms with Gasteiger partial charge in [0.1, 0.15) is 11.5 Å². The highest BCUT2D eigenvalue weighted by atomic mass is 16.1. The molecule has 1 fully saturated rings. The Hall–Kier alpha value is -3.13. The fraction of sp³-hybridized carbons (Fsp3) is 0.458. The van der Waals surface area contributed by atoms with E-state index in [2.05, 4.69) is 28.3 Å². The zero-order valence-corrected chi connectivity index (χ0v) is 18.8. The lowest BCUT2D eigenvalue weighted by molar-refractivity contribution is 0.101. The zero-order valence-electron chi connectivity index (χ0n) is 18.8. The molecule has 1 N–H and O–H groups in total. The quantitative estimate of drug-likeness (QED) is 0.630. The van der Waals surface area contributed by atoms with Crippen LogP contribution in [0.5, 0.6) is 0 Å². The normalized spacial score (nSPS) is 17.0. The van der Waals surface area contributed by atoms with Gasteiger partial charge in [-0.1, -0.05) is 18.9 Å². The Labute approximate surface area is 186 Å². The van der Waals surface area contributed by atoms with Crippen LogP contribution in [0, 0.1) is 6.92 Å². The fourth-order valence-corrected chi connectivity index (χ4v) is 5.05. The lowest BCUT2D eigenvalue weighted by Crippen LogP contribution is -2.30. The van der Waals surface area contributed by atoms with Gasteiger partial charge in [0.25, 0.3) is 5.56 Å². The average Bonchev–Trinajstić information content (AvgIpc) is 3.28. The number of anilines is 2. The average molecular weight is 433 g/mol. The van der Waals surface area contributed by atoms with Crippen molar-refractivity contribution in [1.29, 1.82) is 0 Å². The van der Waals surface area contributed by atoms with Crippen LogP contribution in [0.25, 0.3) is 11.0 Å². The lowest BCUT2D eigenvalue weighted by atomic mass is 10.0. The predicted octanol–water partition coefficient (Wildman–Crippen LogP) is 3.54. The van der Waals surface area contributed by atoms with Crippen LogP contribution in [0.2, 0.25) is 0 Å². The van der Waals surface area contributed by atoms with E-state index in [1.807, 2.05) is 6.07 Å². The molecule has 2 aliphatic rings. The summed E-state index contributed by atoms with van der Waals surface area (Å²) in [7, 11) is 2.11. The van der Waals surface area contributed by atoms with Crippen molar-refractivity contribution in [2.75, 3.05) is 18.9 Å². The molecule has 4 heterocycles. The standard InChI is InChI=1S/C24H28N6O2/c1-14-18-12-25-24(27-20-9-8-16-13-29(3)11-10-19(16)26-20)28-22(18)30(17-6-4-5-7-17)23(32)21(14)15(2)31/h8-9,12,17H,4-7,10-11,13H2,1-3H3,(H,25,26,27,28). The first-order valence-corrected chi connectivity index (χ1v) is 11.3. The largest absolute Gasteiger partial charge is 0.309 e. The number of aromatic nitrogens is 4. The Kier molecular flexibility index (Phi) is 5.25. The van der Waals surface area contributed by atoms with E-state index in [0.717, 1.165) is 56.3 Å². The number of nitrogens with zero attached hydrogens (tertiary/aromatic N) is 5. The van der Waals surface area contributed by atoms with Gasteiger partial charge in [-0.15, -0.1) is 0 Å². The first-order valence-electron chi connectivity index (χ1n) is 11.3. The van der Waals surface area contributed by atoms with Crippen LogP contribution >= 0.6 is 0 Å². The van der Waals surface area contributed by atoms with E-state index < -0.39 is 0 Å².